The molecule has 7 nitrogen and oxygen atoms in total. The number of carbonyl (C=O) groups excluding carboxylic acids is 3. The first kappa shape index (κ1) is 24.6. The van der Waals surface area contributed by atoms with Crippen molar-refractivity contribution < 1.29 is 19.1 Å². The van der Waals surface area contributed by atoms with Gasteiger partial charge in [0.1, 0.15) is 17.8 Å². The summed E-state index contributed by atoms with van der Waals surface area (Å²) in [6.07, 6.45) is 11.0. The van der Waals surface area contributed by atoms with E-state index in [1.165, 1.54) is 12.8 Å². The summed E-state index contributed by atoms with van der Waals surface area (Å²) in [6, 6.07) is 11.4. The molecule has 5 rings (SSSR count). The molecule has 1 N–H and O–H groups in total. The van der Waals surface area contributed by atoms with E-state index in [9.17, 15) is 14.4 Å². The van der Waals surface area contributed by atoms with E-state index in [4.69, 9.17) is 4.74 Å². The summed E-state index contributed by atoms with van der Waals surface area (Å²) < 4.78 is 5.31. The van der Waals surface area contributed by atoms with Gasteiger partial charge in [-0.05, 0) is 67.1 Å². The maximum atomic E-state index is 13.7. The molecule has 2 aliphatic carbocycles. The molecule has 36 heavy (non-hydrogen) atoms. The van der Waals surface area contributed by atoms with Crippen LogP contribution in [0, 0.1) is 0 Å². The zero-order valence-corrected chi connectivity index (χ0v) is 21.4. The third-order valence-electron chi connectivity index (χ3n) is 8.42. The standard InChI is InChI=1S/C29H37N3O4/c1-29(22-15-13-21-18-25(36-2)16-14-20(21)17-22)27(34)31(28(35)30-29)19-26(33)32(23-9-5-3-6-10-23)24-11-7-4-8-12-24/h13-18,23-24H,3-12,19H2,1-2H3,(H,30,35)/t29-/m1/s1. The predicted molar refractivity (Wildman–Crippen MR) is 139 cm³/mol. The van der Waals surface area contributed by atoms with E-state index in [2.05, 4.69) is 10.2 Å². The van der Waals surface area contributed by atoms with Gasteiger partial charge in [-0.25, -0.2) is 4.79 Å². The van der Waals surface area contributed by atoms with Crippen molar-refractivity contribution in [2.75, 3.05) is 13.7 Å². The van der Waals surface area contributed by atoms with Gasteiger partial charge in [0.2, 0.25) is 5.91 Å². The Balaban J connectivity index is 1.37. The number of rotatable bonds is 6. The number of carbonyl (C=O) groups is 3. The average molecular weight is 492 g/mol. The van der Waals surface area contributed by atoms with E-state index in [1.807, 2.05) is 36.4 Å². The van der Waals surface area contributed by atoms with Gasteiger partial charge >= 0.3 is 6.03 Å². The lowest BCUT2D eigenvalue weighted by Gasteiger charge is -2.42. The Morgan fingerprint density at radius 2 is 1.53 bits per heavy atom. The molecule has 7 heteroatoms. The van der Waals surface area contributed by atoms with Gasteiger partial charge in [-0.2, -0.15) is 0 Å². The lowest BCUT2D eigenvalue weighted by molar-refractivity contribution is -0.143. The van der Waals surface area contributed by atoms with Crippen molar-refractivity contribution in [3.05, 3.63) is 42.0 Å². The Labute approximate surface area is 213 Å². The zero-order chi connectivity index (χ0) is 25.3. The van der Waals surface area contributed by atoms with Crippen LogP contribution in [0.4, 0.5) is 4.79 Å². The van der Waals surface area contributed by atoms with Gasteiger partial charge in [-0.15, -0.1) is 0 Å². The van der Waals surface area contributed by atoms with Crippen LogP contribution in [0.1, 0.15) is 76.7 Å². The molecular weight excluding hydrogens is 454 g/mol. The molecule has 0 unspecified atom stereocenters. The highest BCUT2D eigenvalue weighted by atomic mass is 16.5. The van der Waals surface area contributed by atoms with Gasteiger partial charge in [-0.1, -0.05) is 56.7 Å². The molecule has 1 saturated heterocycles. The second kappa shape index (κ2) is 10.1. The highest BCUT2D eigenvalue weighted by Gasteiger charge is 2.50. The van der Waals surface area contributed by atoms with Crippen molar-refractivity contribution >= 4 is 28.6 Å². The number of nitrogens with zero attached hydrogens (tertiary/aromatic N) is 2. The normalized spacial score (nSPS) is 23.7. The summed E-state index contributed by atoms with van der Waals surface area (Å²) in [5.41, 5.74) is -0.517. The number of hydrogen-bond acceptors (Lipinski definition) is 4. The van der Waals surface area contributed by atoms with Crippen LogP contribution in [0.15, 0.2) is 36.4 Å². The molecule has 1 heterocycles. The molecular formula is C29H37N3O4. The van der Waals surface area contributed by atoms with Crippen LogP contribution < -0.4 is 10.1 Å². The van der Waals surface area contributed by atoms with Crippen LogP contribution in [-0.4, -0.2) is 53.4 Å². The Morgan fingerprint density at radius 3 is 2.14 bits per heavy atom. The fraction of sp³-hybridized carbons (Fsp3) is 0.552. The van der Waals surface area contributed by atoms with Gasteiger partial charge < -0.3 is 15.0 Å². The third kappa shape index (κ3) is 4.56. The molecule has 0 radical (unpaired) electrons. The largest absolute Gasteiger partial charge is 0.497 e. The van der Waals surface area contributed by atoms with Crippen LogP contribution in [0.3, 0.4) is 0 Å². The van der Waals surface area contributed by atoms with Crippen LogP contribution >= 0.6 is 0 Å². The molecule has 0 spiro atoms. The van der Waals surface area contributed by atoms with Gasteiger partial charge in [0.15, 0.2) is 0 Å². The Hall–Kier alpha value is -3.09. The van der Waals surface area contributed by atoms with Crippen molar-refractivity contribution in [1.29, 1.82) is 0 Å². The first-order valence-corrected chi connectivity index (χ1v) is 13.4. The Bertz CT molecular complexity index is 1130. The highest BCUT2D eigenvalue weighted by Crippen LogP contribution is 2.34. The van der Waals surface area contributed by atoms with Gasteiger partial charge in [0, 0.05) is 12.1 Å². The first-order chi connectivity index (χ1) is 17.4. The van der Waals surface area contributed by atoms with Gasteiger partial charge in [0.25, 0.3) is 5.91 Å². The van der Waals surface area contributed by atoms with Crippen LogP contribution in [-0.2, 0) is 15.1 Å². The van der Waals surface area contributed by atoms with E-state index in [0.717, 1.165) is 72.8 Å². The van der Waals surface area contributed by atoms with Crippen molar-refractivity contribution in [2.24, 2.45) is 0 Å². The summed E-state index contributed by atoms with van der Waals surface area (Å²) in [4.78, 5) is 43.6. The maximum Gasteiger partial charge on any atom is 0.325 e. The third-order valence-corrected chi connectivity index (χ3v) is 8.42. The van der Waals surface area contributed by atoms with Crippen molar-refractivity contribution in [1.82, 2.24) is 15.1 Å². The molecule has 2 aromatic carbocycles. The number of methoxy groups -OCH3 is 1. The Morgan fingerprint density at radius 1 is 0.944 bits per heavy atom. The number of imide groups is 1. The zero-order valence-electron chi connectivity index (χ0n) is 21.4. The summed E-state index contributed by atoms with van der Waals surface area (Å²) >= 11 is 0. The van der Waals surface area contributed by atoms with E-state index in [-0.39, 0.29) is 30.4 Å². The second-order valence-electron chi connectivity index (χ2n) is 10.8. The Kier molecular flexibility index (Phi) is 6.91. The quantitative estimate of drug-likeness (QED) is 0.570. The molecule has 2 saturated carbocycles. The van der Waals surface area contributed by atoms with Crippen LogP contribution in [0.5, 0.6) is 5.75 Å². The number of benzene rings is 2. The summed E-state index contributed by atoms with van der Waals surface area (Å²) in [7, 11) is 1.63. The molecule has 1 aliphatic heterocycles. The molecule has 192 valence electrons. The maximum absolute atomic E-state index is 13.7. The van der Waals surface area contributed by atoms with Crippen molar-refractivity contribution in [3.63, 3.8) is 0 Å². The SMILES string of the molecule is COc1ccc2cc([C@@]3(C)NC(=O)N(CC(=O)N(C4CCCCC4)C4CCCCC4)C3=O)ccc2c1. The number of urea groups is 1. The van der Waals surface area contributed by atoms with Gasteiger partial charge in [-0.3, -0.25) is 14.5 Å². The minimum Gasteiger partial charge on any atom is -0.497 e. The molecule has 2 aromatic rings. The van der Waals surface area contributed by atoms with Crippen LogP contribution in [0.25, 0.3) is 10.8 Å². The molecule has 0 bridgehead atoms. The number of ether oxygens (including phenoxy) is 1. The average Bonchev–Trinajstić information content (AvgIpc) is 3.13. The fourth-order valence-corrected chi connectivity index (χ4v) is 6.34. The fourth-order valence-electron chi connectivity index (χ4n) is 6.34. The molecule has 4 amide bonds. The number of hydrogen-bond donors (Lipinski definition) is 1. The molecule has 3 fully saturated rings. The topological polar surface area (TPSA) is 79.0 Å². The minimum absolute atomic E-state index is 0.0906. The number of fused-ring (bicyclic) bond motifs is 1. The van der Waals surface area contributed by atoms with E-state index in [0.29, 0.717) is 5.56 Å². The lowest BCUT2D eigenvalue weighted by atomic mass is 9.88. The van der Waals surface area contributed by atoms with E-state index < -0.39 is 11.6 Å². The van der Waals surface area contributed by atoms with Crippen LogP contribution in [0.2, 0.25) is 0 Å². The highest BCUT2D eigenvalue weighted by molar-refractivity contribution is 6.09. The van der Waals surface area contributed by atoms with E-state index >= 15 is 0 Å². The summed E-state index contributed by atoms with van der Waals surface area (Å²) in [6.45, 7) is 1.53. The second-order valence-corrected chi connectivity index (χ2v) is 10.8. The lowest BCUT2D eigenvalue weighted by Crippen LogP contribution is -2.53. The van der Waals surface area contributed by atoms with E-state index in [1.54, 1.807) is 14.0 Å². The molecule has 1 atom stereocenters. The molecule has 0 aromatic heterocycles. The van der Waals surface area contributed by atoms with Crippen molar-refractivity contribution in [2.45, 2.75) is 88.8 Å². The minimum atomic E-state index is -1.22. The summed E-state index contributed by atoms with van der Waals surface area (Å²) in [5.74, 6) is 0.296. The first-order valence-electron chi connectivity index (χ1n) is 13.4. The smallest absolute Gasteiger partial charge is 0.325 e. The monoisotopic (exact) mass is 491 g/mol. The molecule has 3 aliphatic rings. The van der Waals surface area contributed by atoms with Gasteiger partial charge in [0.05, 0.1) is 7.11 Å². The number of amides is 4. The summed E-state index contributed by atoms with van der Waals surface area (Å²) in [5, 5.41) is 4.82. The predicted octanol–water partition coefficient (Wildman–Crippen LogP) is 5.11. The van der Waals surface area contributed by atoms with Crippen molar-refractivity contribution in [3.8, 4) is 5.75 Å². The number of nitrogens with one attached hydrogen (secondary N) is 1.